The van der Waals surface area contributed by atoms with Crippen LogP contribution in [0.25, 0.3) is 22.3 Å². The quantitative estimate of drug-likeness (QED) is 0.352. The van der Waals surface area contributed by atoms with Gasteiger partial charge in [-0.2, -0.15) is 5.10 Å². The van der Waals surface area contributed by atoms with Gasteiger partial charge in [0, 0.05) is 42.7 Å². The summed E-state index contributed by atoms with van der Waals surface area (Å²) in [6.45, 7) is 1.85. The Morgan fingerprint density at radius 2 is 1.97 bits per heavy atom. The molecule has 0 saturated heterocycles. The number of benzene rings is 2. The Bertz CT molecular complexity index is 1560. The SMILES string of the molecule is Cc1c(Oc2ccnc3[nH]c(-c4cnn(C)c4)cc23)cccc1C(=O)NCc1ccc(F)c(F)c1. The lowest BCUT2D eigenvalue weighted by atomic mass is 10.1. The molecule has 35 heavy (non-hydrogen) atoms. The molecule has 2 aromatic carbocycles. The van der Waals surface area contributed by atoms with Gasteiger partial charge < -0.3 is 15.0 Å². The molecule has 9 heteroatoms. The molecule has 0 fully saturated rings. The van der Waals surface area contributed by atoms with Crippen LogP contribution in [0.15, 0.2) is 67.1 Å². The molecule has 176 valence electrons. The first-order valence-electron chi connectivity index (χ1n) is 10.9. The summed E-state index contributed by atoms with van der Waals surface area (Å²) < 4.78 is 34.5. The van der Waals surface area contributed by atoms with Gasteiger partial charge in [0.05, 0.1) is 17.3 Å². The molecular weight excluding hydrogens is 452 g/mol. The van der Waals surface area contributed by atoms with Gasteiger partial charge >= 0.3 is 0 Å². The van der Waals surface area contributed by atoms with Crippen LogP contribution in [0, 0.1) is 18.6 Å². The van der Waals surface area contributed by atoms with Crippen LogP contribution in [0.5, 0.6) is 11.5 Å². The standard InChI is InChI=1S/C26H21F2N5O2/c1-15-18(26(34)30-12-16-6-7-20(27)21(28)10-16)4-3-5-23(15)35-24-8-9-29-25-19(24)11-22(32-25)17-13-31-33(2)14-17/h3-11,13-14H,12H2,1-2H3,(H,29,32)(H,30,34). The van der Waals surface area contributed by atoms with Crippen molar-refractivity contribution in [3.63, 3.8) is 0 Å². The van der Waals surface area contributed by atoms with Crippen LogP contribution in [0.1, 0.15) is 21.5 Å². The van der Waals surface area contributed by atoms with Crippen molar-refractivity contribution in [1.82, 2.24) is 25.1 Å². The van der Waals surface area contributed by atoms with E-state index in [-0.39, 0.29) is 12.5 Å². The second kappa shape index (κ2) is 9.02. The molecule has 5 aromatic rings. The first kappa shape index (κ1) is 22.3. The molecule has 0 aliphatic rings. The number of nitrogens with one attached hydrogen (secondary N) is 2. The molecule has 3 aromatic heterocycles. The number of halogens is 2. The van der Waals surface area contributed by atoms with Gasteiger partial charge in [-0.25, -0.2) is 13.8 Å². The summed E-state index contributed by atoms with van der Waals surface area (Å²) in [5.74, 6) is -1.13. The molecule has 0 atom stereocenters. The number of hydrogen-bond acceptors (Lipinski definition) is 4. The van der Waals surface area contributed by atoms with Crippen molar-refractivity contribution in [2.75, 3.05) is 0 Å². The Balaban J connectivity index is 1.38. The lowest BCUT2D eigenvalue weighted by Crippen LogP contribution is -2.23. The van der Waals surface area contributed by atoms with Gasteiger partial charge in [0.25, 0.3) is 5.91 Å². The maximum atomic E-state index is 13.4. The molecule has 0 saturated carbocycles. The first-order chi connectivity index (χ1) is 16.9. The van der Waals surface area contributed by atoms with E-state index in [1.54, 1.807) is 48.3 Å². The molecule has 0 unspecified atom stereocenters. The second-order valence-electron chi connectivity index (χ2n) is 8.12. The molecule has 0 bridgehead atoms. The number of carbonyl (C=O) groups excluding carboxylic acids is 1. The van der Waals surface area contributed by atoms with Gasteiger partial charge in [0.1, 0.15) is 17.1 Å². The van der Waals surface area contributed by atoms with Crippen LogP contribution in [0.3, 0.4) is 0 Å². The summed E-state index contributed by atoms with van der Waals surface area (Å²) in [6.07, 6.45) is 5.31. The summed E-state index contributed by atoms with van der Waals surface area (Å²) in [5, 5.41) is 7.74. The van der Waals surface area contributed by atoms with Crippen LogP contribution in [0.4, 0.5) is 8.78 Å². The van der Waals surface area contributed by atoms with Gasteiger partial charge in [0.2, 0.25) is 0 Å². The molecule has 7 nitrogen and oxygen atoms in total. The molecule has 5 rings (SSSR count). The van der Waals surface area contributed by atoms with Gasteiger partial charge in [0.15, 0.2) is 11.6 Å². The number of fused-ring (bicyclic) bond motifs is 1. The number of hydrogen-bond donors (Lipinski definition) is 2. The van der Waals surface area contributed by atoms with Crippen molar-refractivity contribution in [3.05, 3.63) is 95.4 Å². The van der Waals surface area contributed by atoms with E-state index >= 15 is 0 Å². The largest absolute Gasteiger partial charge is 0.456 e. The van der Waals surface area contributed by atoms with E-state index in [2.05, 4.69) is 20.4 Å². The molecule has 0 aliphatic carbocycles. The topological polar surface area (TPSA) is 84.8 Å². The third kappa shape index (κ3) is 4.48. The van der Waals surface area contributed by atoms with Crippen molar-refractivity contribution >= 4 is 16.9 Å². The van der Waals surface area contributed by atoms with Crippen LogP contribution < -0.4 is 10.1 Å². The molecule has 2 N–H and O–H groups in total. The van der Waals surface area contributed by atoms with Crippen molar-refractivity contribution in [2.24, 2.45) is 7.05 Å². The third-order valence-corrected chi connectivity index (χ3v) is 5.69. The van der Waals surface area contributed by atoms with E-state index in [4.69, 9.17) is 4.74 Å². The number of aromatic nitrogens is 4. The number of aryl methyl sites for hydroxylation is 1. The molecular formula is C26H21F2N5O2. The average molecular weight is 473 g/mol. The number of pyridine rings is 1. The minimum atomic E-state index is -0.955. The van der Waals surface area contributed by atoms with Gasteiger partial charge in [-0.1, -0.05) is 12.1 Å². The zero-order chi connectivity index (χ0) is 24.5. The molecule has 0 aliphatic heterocycles. The molecule has 1 amide bonds. The van der Waals surface area contributed by atoms with E-state index < -0.39 is 11.6 Å². The fourth-order valence-corrected chi connectivity index (χ4v) is 3.82. The highest BCUT2D eigenvalue weighted by atomic mass is 19.2. The number of aromatic amines is 1. The van der Waals surface area contributed by atoms with E-state index in [1.807, 2.05) is 19.3 Å². The van der Waals surface area contributed by atoms with Crippen LogP contribution >= 0.6 is 0 Å². The summed E-state index contributed by atoms with van der Waals surface area (Å²) in [5.41, 5.74) is 3.97. The van der Waals surface area contributed by atoms with Gasteiger partial charge in [-0.15, -0.1) is 0 Å². The first-order valence-corrected chi connectivity index (χ1v) is 10.9. The van der Waals surface area contributed by atoms with Crippen molar-refractivity contribution < 1.29 is 18.3 Å². The lowest BCUT2D eigenvalue weighted by molar-refractivity contribution is 0.0950. The van der Waals surface area contributed by atoms with E-state index in [9.17, 15) is 13.6 Å². The Morgan fingerprint density at radius 1 is 1.11 bits per heavy atom. The van der Waals surface area contributed by atoms with Crippen molar-refractivity contribution in [2.45, 2.75) is 13.5 Å². The van der Waals surface area contributed by atoms with Gasteiger partial charge in [-0.05, 0) is 48.9 Å². The Hall–Kier alpha value is -4.53. The number of nitrogens with zero attached hydrogens (tertiary/aromatic N) is 3. The second-order valence-corrected chi connectivity index (χ2v) is 8.12. The Labute approximate surface area is 199 Å². The monoisotopic (exact) mass is 473 g/mol. The summed E-state index contributed by atoms with van der Waals surface area (Å²) in [7, 11) is 1.85. The molecule has 3 heterocycles. The normalized spacial score (nSPS) is 11.1. The summed E-state index contributed by atoms with van der Waals surface area (Å²) >= 11 is 0. The van der Waals surface area contributed by atoms with Crippen LogP contribution in [-0.4, -0.2) is 25.7 Å². The average Bonchev–Trinajstić information content (AvgIpc) is 3.48. The van der Waals surface area contributed by atoms with E-state index in [0.29, 0.717) is 33.8 Å². The number of carbonyl (C=O) groups is 1. The highest BCUT2D eigenvalue weighted by Crippen LogP contribution is 2.34. The summed E-state index contributed by atoms with van der Waals surface area (Å²) in [4.78, 5) is 20.5. The predicted molar refractivity (Wildman–Crippen MR) is 127 cm³/mol. The smallest absolute Gasteiger partial charge is 0.251 e. The van der Waals surface area contributed by atoms with Gasteiger partial charge in [-0.3, -0.25) is 9.48 Å². The minimum absolute atomic E-state index is 0.0615. The van der Waals surface area contributed by atoms with Crippen LogP contribution in [0.2, 0.25) is 0 Å². The highest BCUT2D eigenvalue weighted by Gasteiger charge is 2.16. The maximum absolute atomic E-state index is 13.4. The number of rotatable bonds is 6. The molecule has 0 spiro atoms. The Kier molecular flexibility index (Phi) is 5.74. The zero-order valence-electron chi connectivity index (χ0n) is 19.0. The predicted octanol–water partition coefficient (Wildman–Crippen LogP) is 5.27. The number of H-pyrrole nitrogens is 1. The van der Waals surface area contributed by atoms with E-state index in [0.717, 1.165) is 28.8 Å². The van der Waals surface area contributed by atoms with Crippen LogP contribution in [-0.2, 0) is 13.6 Å². The minimum Gasteiger partial charge on any atom is -0.456 e. The number of ether oxygens (including phenoxy) is 1. The lowest BCUT2D eigenvalue weighted by Gasteiger charge is -2.13. The highest BCUT2D eigenvalue weighted by molar-refractivity contribution is 5.96. The fraction of sp³-hybridized carbons (Fsp3) is 0.115. The van der Waals surface area contributed by atoms with Crippen molar-refractivity contribution in [3.8, 4) is 22.8 Å². The Morgan fingerprint density at radius 3 is 2.74 bits per heavy atom. The maximum Gasteiger partial charge on any atom is 0.251 e. The van der Waals surface area contributed by atoms with E-state index in [1.165, 1.54) is 6.07 Å². The molecule has 0 radical (unpaired) electrons. The number of amides is 1. The van der Waals surface area contributed by atoms with Crippen molar-refractivity contribution in [1.29, 1.82) is 0 Å². The zero-order valence-corrected chi connectivity index (χ0v) is 19.0. The summed E-state index contributed by atoms with van der Waals surface area (Å²) in [6, 6.07) is 12.4. The third-order valence-electron chi connectivity index (χ3n) is 5.69. The fourth-order valence-electron chi connectivity index (χ4n) is 3.82.